The molecule has 3 rings (SSSR count). The van der Waals surface area contributed by atoms with Gasteiger partial charge in [-0.1, -0.05) is 64.1 Å². The summed E-state index contributed by atoms with van der Waals surface area (Å²) in [6, 6.07) is 0. The highest BCUT2D eigenvalue weighted by atomic mass is 35.5. The molecule has 0 unspecified atom stereocenters. The second-order valence-electron chi connectivity index (χ2n) is 4.63. The smallest absolute Gasteiger partial charge is 0.116 e. The van der Waals surface area contributed by atoms with Crippen molar-refractivity contribution in [3.63, 3.8) is 0 Å². The fourth-order valence-electron chi connectivity index (χ4n) is 3.10. The molecule has 3 aliphatic rings. The van der Waals surface area contributed by atoms with Gasteiger partial charge >= 0.3 is 0 Å². The van der Waals surface area contributed by atoms with Gasteiger partial charge in [-0.2, -0.15) is 0 Å². The molecular formula is C10H4Cl8. The van der Waals surface area contributed by atoms with Crippen LogP contribution in [0.25, 0.3) is 0 Å². The predicted octanol–water partition coefficient (Wildman–Crippen LogP) is 5.81. The molecule has 8 heteroatoms. The van der Waals surface area contributed by atoms with Crippen molar-refractivity contribution in [1.82, 2.24) is 0 Å². The molecule has 3 aliphatic carbocycles. The topological polar surface area (TPSA) is 0 Å². The molecule has 0 nitrogen and oxygen atoms in total. The minimum Gasteiger partial charge on any atom is -0.116 e. The molecule has 0 aliphatic heterocycles. The SMILES string of the molecule is ClC1=C[C@@H]2[C@H]([C@@H]1Cl)[C@]1(Cl)C(Cl)=C(Cl)[C@@]2(Cl)C1(Cl)Cl. The average molecular weight is 408 g/mol. The number of rotatable bonds is 0. The predicted molar refractivity (Wildman–Crippen MR) is 80.9 cm³/mol. The van der Waals surface area contributed by atoms with Crippen molar-refractivity contribution < 1.29 is 0 Å². The Kier molecular flexibility index (Phi) is 3.24. The van der Waals surface area contributed by atoms with Gasteiger partial charge in [-0.25, -0.2) is 0 Å². The van der Waals surface area contributed by atoms with Crippen LogP contribution in [0.2, 0.25) is 0 Å². The van der Waals surface area contributed by atoms with Crippen LogP contribution in [0.4, 0.5) is 0 Å². The van der Waals surface area contributed by atoms with Crippen molar-refractivity contribution in [3.05, 3.63) is 21.2 Å². The van der Waals surface area contributed by atoms with E-state index >= 15 is 0 Å². The van der Waals surface area contributed by atoms with Crippen molar-refractivity contribution in [2.24, 2.45) is 11.8 Å². The summed E-state index contributed by atoms with van der Waals surface area (Å²) >= 11 is 50.6. The third kappa shape index (κ3) is 1.23. The second kappa shape index (κ2) is 3.96. The lowest BCUT2D eigenvalue weighted by atomic mass is 9.84. The molecule has 5 atom stereocenters. The van der Waals surface area contributed by atoms with Crippen LogP contribution in [0, 0.1) is 11.8 Å². The monoisotopic (exact) mass is 404 g/mol. The van der Waals surface area contributed by atoms with Crippen LogP contribution in [0.15, 0.2) is 21.2 Å². The first kappa shape index (κ1) is 14.7. The van der Waals surface area contributed by atoms with Crippen molar-refractivity contribution in [2.45, 2.75) is 19.5 Å². The third-order valence-corrected chi connectivity index (χ3v) is 9.24. The van der Waals surface area contributed by atoms with E-state index in [1.807, 2.05) is 0 Å². The summed E-state index contributed by atoms with van der Waals surface area (Å²) in [7, 11) is 0. The molecule has 18 heavy (non-hydrogen) atoms. The van der Waals surface area contributed by atoms with Crippen LogP contribution in [0.5, 0.6) is 0 Å². The third-order valence-electron chi connectivity index (χ3n) is 3.97. The normalized spacial score (nSPS) is 52.9. The van der Waals surface area contributed by atoms with Crippen LogP contribution in [0.1, 0.15) is 0 Å². The van der Waals surface area contributed by atoms with E-state index in [1.165, 1.54) is 0 Å². The van der Waals surface area contributed by atoms with E-state index < -0.39 is 25.4 Å². The minimum absolute atomic E-state index is 0.150. The highest BCUT2D eigenvalue weighted by molar-refractivity contribution is 6.66. The summed E-state index contributed by atoms with van der Waals surface area (Å²) < 4.78 is -1.55. The highest BCUT2D eigenvalue weighted by Gasteiger charge is 2.83. The lowest BCUT2D eigenvalue weighted by molar-refractivity contribution is 0.419. The summed E-state index contributed by atoms with van der Waals surface area (Å²) in [4.78, 5) is -2.63. The van der Waals surface area contributed by atoms with Crippen LogP contribution >= 0.6 is 92.8 Å². The van der Waals surface area contributed by atoms with Crippen LogP contribution < -0.4 is 0 Å². The molecule has 1 fully saturated rings. The molecule has 1 saturated carbocycles. The number of fused-ring (bicyclic) bond motifs is 5. The second-order valence-corrected chi connectivity index (χ2v) is 8.81. The summed E-state index contributed by atoms with van der Waals surface area (Å²) in [5, 5.41) is 0.239. The number of hydrogen-bond acceptors (Lipinski definition) is 0. The summed E-state index contributed by atoms with van der Waals surface area (Å²) in [6.07, 6.45) is 1.71. The lowest BCUT2D eigenvalue weighted by Crippen LogP contribution is -2.46. The number of alkyl halides is 5. The average Bonchev–Trinajstić information content (AvgIpc) is 2.69. The number of allylic oxidation sites excluding steroid dienone is 4. The summed E-state index contributed by atoms with van der Waals surface area (Å²) in [5.41, 5.74) is 0. The fourth-order valence-corrected chi connectivity index (χ4v) is 6.86. The molecule has 0 aromatic heterocycles. The van der Waals surface area contributed by atoms with Crippen molar-refractivity contribution in [2.75, 3.05) is 0 Å². The molecule has 0 aromatic carbocycles. The maximum Gasteiger partial charge on any atom is 0.167 e. The lowest BCUT2D eigenvalue weighted by Gasteiger charge is -2.34. The largest absolute Gasteiger partial charge is 0.167 e. The Balaban J connectivity index is 2.31. The quantitative estimate of drug-likeness (QED) is 0.445. The van der Waals surface area contributed by atoms with Gasteiger partial charge in [-0.05, 0) is 0 Å². The van der Waals surface area contributed by atoms with E-state index in [2.05, 4.69) is 0 Å². The molecule has 2 bridgehead atoms. The van der Waals surface area contributed by atoms with Gasteiger partial charge in [-0.15, -0.1) is 34.8 Å². The van der Waals surface area contributed by atoms with Crippen LogP contribution in [0.3, 0.4) is 0 Å². The van der Waals surface area contributed by atoms with Crippen LogP contribution in [-0.2, 0) is 0 Å². The first-order valence-corrected chi connectivity index (χ1v) is 8.03. The van der Waals surface area contributed by atoms with E-state index in [1.54, 1.807) is 6.08 Å². The van der Waals surface area contributed by atoms with Crippen molar-refractivity contribution in [3.8, 4) is 0 Å². The van der Waals surface area contributed by atoms with Gasteiger partial charge in [0.05, 0.1) is 15.4 Å². The fraction of sp³-hybridized carbons (Fsp3) is 0.600. The Morgan fingerprint density at radius 3 is 1.94 bits per heavy atom. The highest BCUT2D eigenvalue weighted by Crippen LogP contribution is 2.78. The Hall–Kier alpha value is 1.80. The van der Waals surface area contributed by atoms with E-state index in [9.17, 15) is 0 Å². The van der Waals surface area contributed by atoms with Gasteiger partial charge in [0.1, 0.15) is 9.75 Å². The number of hydrogen-bond donors (Lipinski definition) is 0. The first-order valence-electron chi connectivity index (χ1n) is 4.95. The van der Waals surface area contributed by atoms with Gasteiger partial charge in [0.15, 0.2) is 4.33 Å². The first-order chi connectivity index (χ1) is 8.11. The van der Waals surface area contributed by atoms with Gasteiger partial charge in [0, 0.05) is 16.9 Å². The van der Waals surface area contributed by atoms with Gasteiger partial charge < -0.3 is 0 Å². The maximum absolute atomic E-state index is 6.59. The van der Waals surface area contributed by atoms with Crippen molar-refractivity contribution in [1.29, 1.82) is 0 Å². The Morgan fingerprint density at radius 2 is 1.39 bits per heavy atom. The molecule has 0 heterocycles. The summed E-state index contributed by atoms with van der Waals surface area (Å²) in [6.45, 7) is 0. The van der Waals surface area contributed by atoms with Gasteiger partial charge in [-0.3, -0.25) is 0 Å². The molecule has 0 saturated heterocycles. The Bertz CT molecular complexity index is 508. The standard InChI is InChI=1S/C10H4Cl8/c11-3-1-2-4(5(3)12)9(16)7(14)6(13)8(2,15)10(9,17)18/h1-2,4-5H/t2-,4-,5-,8-,9+/m1/s1. The van der Waals surface area contributed by atoms with E-state index in [4.69, 9.17) is 92.8 Å². The molecule has 0 spiro atoms. The van der Waals surface area contributed by atoms with E-state index in [0.29, 0.717) is 5.03 Å². The molecule has 0 radical (unpaired) electrons. The van der Waals surface area contributed by atoms with Crippen molar-refractivity contribution >= 4 is 92.8 Å². The maximum atomic E-state index is 6.59. The molecule has 100 valence electrons. The molecule has 0 amide bonds. The van der Waals surface area contributed by atoms with E-state index in [0.717, 1.165) is 0 Å². The van der Waals surface area contributed by atoms with E-state index in [-0.39, 0.29) is 16.0 Å². The Labute approximate surface area is 144 Å². The zero-order chi connectivity index (χ0) is 13.7. The number of halogens is 8. The zero-order valence-corrected chi connectivity index (χ0v) is 14.4. The van der Waals surface area contributed by atoms with Gasteiger partial charge in [0.2, 0.25) is 0 Å². The molecule has 0 aromatic rings. The van der Waals surface area contributed by atoms with Gasteiger partial charge in [0.25, 0.3) is 0 Å². The molecule has 0 N–H and O–H groups in total. The minimum atomic E-state index is -1.55. The summed E-state index contributed by atoms with van der Waals surface area (Å²) in [5.74, 6) is -0.743. The molecular weight excluding hydrogens is 404 g/mol. The Morgan fingerprint density at radius 1 is 0.889 bits per heavy atom. The zero-order valence-electron chi connectivity index (χ0n) is 8.33. The van der Waals surface area contributed by atoms with Crippen LogP contribution in [-0.4, -0.2) is 19.5 Å².